The van der Waals surface area contributed by atoms with Crippen molar-refractivity contribution in [2.45, 2.75) is 13.5 Å². The molecule has 0 aromatic heterocycles. The van der Waals surface area contributed by atoms with E-state index in [1.807, 2.05) is 43.3 Å². The summed E-state index contributed by atoms with van der Waals surface area (Å²) in [4.78, 5) is 14.0. The zero-order valence-corrected chi connectivity index (χ0v) is 13.1. The van der Waals surface area contributed by atoms with E-state index >= 15 is 0 Å². The summed E-state index contributed by atoms with van der Waals surface area (Å²) in [7, 11) is 3.37. The Bertz CT molecular complexity index is 638. The molecule has 0 saturated carbocycles. The molecule has 4 heteroatoms. The van der Waals surface area contributed by atoms with Crippen molar-refractivity contribution in [3.63, 3.8) is 0 Å². The summed E-state index contributed by atoms with van der Waals surface area (Å²) in [6, 6.07) is 12.9. The molecule has 0 radical (unpaired) electrons. The van der Waals surface area contributed by atoms with Crippen LogP contribution in [-0.2, 0) is 6.54 Å². The van der Waals surface area contributed by atoms with Crippen molar-refractivity contribution < 1.29 is 9.53 Å². The van der Waals surface area contributed by atoms with E-state index in [9.17, 15) is 4.79 Å². The van der Waals surface area contributed by atoms with E-state index in [1.165, 1.54) is 0 Å². The molecule has 1 amide bonds. The van der Waals surface area contributed by atoms with E-state index in [2.05, 4.69) is 0 Å². The number of halogens is 1. The number of aryl methyl sites for hydroxylation is 1. The molecule has 2 aromatic carbocycles. The zero-order chi connectivity index (χ0) is 15.4. The Labute approximate surface area is 130 Å². The largest absolute Gasteiger partial charge is 0.496 e. The van der Waals surface area contributed by atoms with Gasteiger partial charge < -0.3 is 9.64 Å². The fraction of sp³-hybridized carbons (Fsp3) is 0.235. The lowest BCUT2D eigenvalue weighted by atomic mass is 10.1. The Morgan fingerprint density at radius 1 is 1.19 bits per heavy atom. The maximum absolute atomic E-state index is 12.4. The summed E-state index contributed by atoms with van der Waals surface area (Å²) in [6.45, 7) is 2.44. The first-order chi connectivity index (χ1) is 10.0. The average Bonchev–Trinajstić information content (AvgIpc) is 2.47. The quantitative estimate of drug-likeness (QED) is 0.856. The lowest BCUT2D eigenvalue weighted by molar-refractivity contribution is 0.0784. The number of carbonyl (C=O) groups excluding carboxylic acids is 1. The molecular weight excluding hydrogens is 286 g/mol. The Morgan fingerprint density at radius 2 is 1.86 bits per heavy atom. The monoisotopic (exact) mass is 303 g/mol. The van der Waals surface area contributed by atoms with E-state index < -0.39 is 0 Å². The number of hydrogen-bond acceptors (Lipinski definition) is 2. The predicted octanol–water partition coefficient (Wildman–Crippen LogP) is 3.93. The number of hydrogen-bond donors (Lipinski definition) is 0. The van der Waals surface area contributed by atoms with Crippen molar-refractivity contribution in [1.82, 2.24) is 4.90 Å². The van der Waals surface area contributed by atoms with E-state index in [4.69, 9.17) is 16.3 Å². The molecule has 0 fully saturated rings. The van der Waals surface area contributed by atoms with E-state index in [0.29, 0.717) is 17.1 Å². The van der Waals surface area contributed by atoms with Crippen molar-refractivity contribution >= 4 is 17.5 Å². The molecule has 2 rings (SSSR count). The summed E-state index contributed by atoms with van der Waals surface area (Å²) in [6.07, 6.45) is 0. The normalized spacial score (nSPS) is 10.3. The first kappa shape index (κ1) is 15.4. The second kappa shape index (κ2) is 6.64. The van der Waals surface area contributed by atoms with Crippen LogP contribution in [0.3, 0.4) is 0 Å². The van der Waals surface area contributed by atoms with Gasteiger partial charge in [-0.05, 0) is 37.3 Å². The van der Waals surface area contributed by atoms with Crippen LogP contribution in [-0.4, -0.2) is 25.0 Å². The highest BCUT2D eigenvalue weighted by Gasteiger charge is 2.14. The van der Waals surface area contributed by atoms with E-state index in [1.54, 1.807) is 25.1 Å². The molecule has 0 aliphatic heterocycles. The van der Waals surface area contributed by atoms with Crippen LogP contribution in [0.4, 0.5) is 0 Å². The van der Waals surface area contributed by atoms with Gasteiger partial charge in [-0.1, -0.05) is 29.3 Å². The Balaban J connectivity index is 2.17. The molecule has 0 atom stereocenters. The Morgan fingerprint density at radius 3 is 2.48 bits per heavy atom. The van der Waals surface area contributed by atoms with Crippen molar-refractivity contribution in [2.24, 2.45) is 0 Å². The van der Waals surface area contributed by atoms with Gasteiger partial charge in [-0.25, -0.2) is 0 Å². The van der Waals surface area contributed by atoms with Crippen LogP contribution in [0.1, 0.15) is 21.5 Å². The van der Waals surface area contributed by atoms with Gasteiger partial charge in [0.2, 0.25) is 0 Å². The summed E-state index contributed by atoms with van der Waals surface area (Å²) >= 11 is 6.01. The molecule has 0 aliphatic rings. The number of rotatable bonds is 4. The average molecular weight is 304 g/mol. The van der Waals surface area contributed by atoms with Crippen LogP contribution in [0.25, 0.3) is 0 Å². The fourth-order valence-electron chi connectivity index (χ4n) is 2.11. The lowest BCUT2D eigenvalue weighted by Gasteiger charge is -2.19. The number of methoxy groups -OCH3 is 1. The summed E-state index contributed by atoms with van der Waals surface area (Å²) in [5.41, 5.74) is 2.68. The van der Waals surface area contributed by atoms with Gasteiger partial charge >= 0.3 is 0 Å². The highest BCUT2D eigenvalue weighted by atomic mass is 35.5. The van der Waals surface area contributed by atoms with Crippen LogP contribution in [0.2, 0.25) is 5.02 Å². The molecule has 0 saturated heterocycles. The highest BCUT2D eigenvalue weighted by molar-refractivity contribution is 6.30. The first-order valence-corrected chi connectivity index (χ1v) is 7.03. The predicted molar refractivity (Wildman–Crippen MR) is 85.0 cm³/mol. The van der Waals surface area contributed by atoms with Crippen molar-refractivity contribution in [1.29, 1.82) is 0 Å². The second-order valence-corrected chi connectivity index (χ2v) is 5.42. The van der Waals surface area contributed by atoms with E-state index in [0.717, 1.165) is 16.9 Å². The summed E-state index contributed by atoms with van der Waals surface area (Å²) in [5, 5.41) is 0.627. The molecule has 0 N–H and O–H groups in total. The maximum atomic E-state index is 12.4. The van der Waals surface area contributed by atoms with Gasteiger partial charge in [-0.3, -0.25) is 4.79 Å². The maximum Gasteiger partial charge on any atom is 0.253 e. The minimum absolute atomic E-state index is 0.0305. The smallest absolute Gasteiger partial charge is 0.253 e. The van der Waals surface area contributed by atoms with Gasteiger partial charge in [0.25, 0.3) is 5.91 Å². The Kier molecular flexibility index (Phi) is 4.86. The minimum Gasteiger partial charge on any atom is -0.496 e. The SMILES string of the molecule is COc1ccc(Cl)cc1CN(C)C(=O)c1ccc(C)cc1. The number of amides is 1. The zero-order valence-electron chi connectivity index (χ0n) is 12.4. The van der Waals surface area contributed by atoms with Gasteiger partial charge in [0.05, 0.1) is 7.11 Å². The summed E-state index contributed by atoms with van der Waals surface area (Å²) in [5.74, 6) is 0.694. The fourth-order valence-corrected chi connectivity index (χ4v) is 2.31. The molecule has 0 bridgehead atoms. The molecule has 0 aliphatic carbocycles. The molecule has 110 valence electrons. The van der Waals surface area contributed by atoms with Crippen LogP contribution >= 0.6 is 11.6 Å². The van der Waals surface area contributed by atoms with Crippen molar-refractivity contribution in [2.75, 3.05) is 14.2 Å². The van der Waals surface area contributed by atoms with Crippen LogP contribution in [0.15, 0.2) is 42.5 Å². The molecule has 0 heterocycles. The van der Waals surface area contributed by atoms with Crippen LogP contribution in [0, 0.1) is 6.92 Å². The lowest BCUT2D eigenvalue weighted by Crippen LogP contribution is -2.26. The van der Waals surface area contributed by atoms with Crippen LogP contribution in [0.5, 0.6) is 5.75 Å². The van der Waals surface area contributed by atoms with Gasteiger partial charge in [-0.15, -0.1) is 0 Å². The first-order valence-electron chi connectivity index (χ1n) is 6.66. The van der Waals surface area contributed by atoms with Crippen LogP contribution < -0.4 is 4.74 Å². The number of benzene rings is 2. The third-order valence-electron chi connectivity index (χ3n) is 3.30. The number of nitrogens with zero attached hydrogens (tertiary/aromatic N) is 1. The third kappa shape index (κ3) is 3.76. The number of ether oxygens (including phenoxy) is 1. The summed E-state index contributed by atoms with van der Waals surface area (Å²) < 4.78 is 5.31. The molecule has 2 aromatic rings. The van der Waals surface area contributed by atoms with E-state index in [-0.39, 0.29) is 5.91 Å². The number of carbonyl (C=O) groups is 1. The molecule has 21 heavy (non-hydrogen) atoms. The van der Waals surface area contributed by atoms with Gasteiger partial charge in [0.1, 0.15) is 5.75 Å². The second-order valence-electron chi connectivity index (χ2n) is 4.98. The molecule has 3 nitrogen and oxygen atoms in total. The van der Waals surface area contributed by atoms with Gasteiger partial charge in [0, 0.05) is 29.7 Å². The highest BCUT2D eigenvalue weighted by Crippen LogP contribution is 2.24. The topological polar surface area (TPSA) is 29.5 Å². The molecule has 0 unspecified atom stereocenters. The van der Waals surface area contributed by atoms with Gasteiger partial charge in [0.15, 0.2) is 0 Å². The van der Waals surface area contributed by atoms with Crippen molar-refractivity contribution in [3.8, 4) is 5.75 Å². The van der Waals surface area contributed by atoms with Gasteiger partial charge in [-0.2, -0.15) is 0 Å². The third-order valence-corrected chi connectivity index (χ3v) is 3.53. The standard InChI is InChI=1S/C17H18ClNO2/c1-12-4-6-13(7-5-12)17(20)19(2)11-14-10-15(18)8-9-16(14)21-3/h4-10H,11H2,1-3H3. The molecule has 0 spiro atoms. The minimum atomic E-state index is -0.0305. The Hall–Kier alpha value is -2.00. The van der Waals surface area contributed by atoms with Crippen molar-refractivity contribution in [3.05, 3.63) is 64.2 Å². The molecular formula is C17H18ClNO2.